The van der Waals surface area contributed by atoms with Crippen LogP contribution in [0.25, 0.3) is 0 Å². The van der Waals surface area contributed by atoms with Crippen molar-refractivity contribution in [3.63, 3.8) is 0 Å². The van der Waals surface area contributed by atoms with Gasteiger partial charge in [0.25, 0.3) is 0 Å². The highest BCUT2D eigenvalue weighted by Crippen LogP contribution is 1.91. The van der Waals surface area contributed by atoms with E-state index in [1.54, 1.807) is 0 Å². The molecule has 0 atom stereocenters. The molecule has 1 aromatic rings. The van der Waals surface area contributed by atoms with Crippen molar-refractivity contribution in [2.24, 2.45) is 0 Å². The molecule has 0 spiro atoms. The van der Waals surface area contributed by atoms with Gasteiger partial charge in [-0.05, 0) is 0 Å². The van der Waals surface area contributed by atoms with Crippen LogP contribution in [0.15, 0.2) is 17.1 Å². The maximum absolute atomic E-state index is 10.2. The highest BCUT2D eigenvalue weighted by atomic mass is 16.3. The molecule has 0 aliphatic heterocycles. The molecule has 0 unspecified atom stereocenters. The maximum atomic E-state index is 10.2. The largest absolute Gasteiger partial charge is 0.493 e. The van der Waals surface area contributed by atoms with E-state index in [9.17, 15) is 4.79 Å². The molecule has 0 amide bonds. The summed E-state index contributed by atoms with van der Waals surface area (Å²) in [6.07, 6.45) is 1.32. The van der Waals surface area contributed by atoms with Gasteiger partial charge < -0.3 is 10.1 Å². The van der Waals surface area contributed by atoms with Crippen molar-refractivity contribution < 1.29 is 5.11 Å². The third kappa shape index (κ3) is 1.94. The van der Waals surface area contributed by atoms with Gasteiger partial charge in [-0.2, -0.15) is 4.98 Å². The van der Waals surface area contributed by atoms with E-state index in [1.807, 2.05) is 0 Å². The standard InChI is InChI=1S/C4H4N2O2.CH4/c7-3-1-2-5-4(8)6-3;/h1-2H,(H2,5,6,7,8);1H4. The Morgan fingerprint density at radius 2 is 2.33 bits per heavy atom. The van der Waals surface area contributed by atoms with Gasteiger partial charge in [0.15, 0.2) is 0 Å². The van der Waals surface area contributed by atoms with E-state index in [4.69, 9.17) is 5.11 Å². The number of rotatable bonds is 0. The van der Waals surface area contributed by atoms with Gasteiger partial charge >= 0.3 is 5.69 Å². The lowest BCUT2D eigenvalue weighted by Crippen LogP contribution is -2.06. The quantitative estimate of drug-likeness (QED) is 0.521. The second-order valence-corrected chi connectivity index (χ2v) is 1.25. The van der Waals surface area contributed by atoms with Crippen LogP contribution < -0.4 is 5.69 Å². The van der Waals surface area contributed by atoms with E-state index < -0.39 is 5.69 Å². The van der Waals surface area contributed by atoms with Crippen molar-refractivity contribution >= 4 is 0 Å². The lowest BCUT2D eigenvalue weighted by atomic mass is 10.6. The van der Waals surface area contributed by atoms with Gasteiger partial charge in [0.05, 0.1) is 0 Å². The highest BCUT2D eigenvalue weighted by Gasteiger charge is 1.84. The monoisotopic (exact) mass is 128 g/mol. The summed E-state index contributed by atoms with van der Waals surface area (Å²) in [5.41, 5.74) is -0.537. The molecule has 1 rings (SSSR count). The molecule has 4 nitrogen and oxygen atoms in total. The molecule has 0 aliphatic rings. The fraction of sp³-hybridized carbons (Fsp3) is 0.200. The minimum Gasteiger partial charge on any atom is -0.493 e. The second-order valence-electron chi connectivity index (χ2n) is 1.25. The first-order valence-electron chi connectivity index (χ1n) is 2.04. The van der Waals surface area contributed by atoms with E-state index in [-0.39, 0.29) is 13.3 Å². The molecule has 0 bridgehead atoms. The van der Waals surface area contributed by atoms with Crippen molar-refractivity contribution in [2.45, 2.75) is 7.43 Å². The van der Waals surface area contributed by atoms with Gasteiger partial charge in [-0.3, -0.25) is 0 Å². The Morgan fingerprint density at radius 1 is 1.67 bits per heavy atom. The summed E-state index contributed by atoms with van der Waals surface area (Å²) >= 11 is 0. The fourth-order valence-electron chi connectivity index (χ4n) is 0.361. The highest BCUT2D eigenvalue weighted by molar-refractivity contribution is 5.00. The van der Waals surface area contributed by atoms with Crippen molar-refractivity contribution in [1.29, 1.82) is 0 Å². The van der Waals surface area contributed by atoms with E-state index >= 15 is 0 Å². The van der Waals surface area contributed by atoms with Crippen LogP contribution in [-0.4, -0.2) is 15.1 Å². The van der Waals surface area contributed by atoms with E-state index in [0.29, 0.717) is 0 Å². The van der Waals surface area contributed by atoms with Crippen LogP contribution in [0.2, 0.25) is 0 Å². The molecule has 2 N–H and O–H groups in total. The molecular formula is C5H8N2O2. The lowest BCUT2D eigenvalue weighted by molar-refractivity contribution is 0.449. The molecule has 9 heavy (non-hydrogen) atoms. The summed E-state index contributed by atoms with van der Waals surface area (Å²) in [6, 6.07) is 1.29. The van der Waals surface area contributed by atoms with Gasteiger partial charge in [0.2, 0.25) is 5.88 Å². The molecule has 0 radical (unpaired) electrons. The van der Waals surface area contributed by atoms with E-state index in [1.165, 1.54) is 12.3 Å². The summed E-state index contributed by atoms with van der Waals surface area (Å²) in [7, 11) is 0. The first-order chi connectivity index (χ1) is 3.79. The summed E-state index contributed by atoms with van der Waals surface area (Å²) in [4.78, 5) is 15.5. The molecular weight excluding hydrogens is 120 g/mol. The van der Waals surface area contributed by atoms with Crippen LogP contribution >= 0.6 is 0 Å². The van der Waals surface area contributed by atoms with Crippen LogP contribution in [0, 0.1) is 0 Å². The number of aromatic hydroxyl groups is 1. The van der Waals surface area contributed by atoms with Crippen LogP contribution in [0.5, 0.6) is 5.88 Å². The molecule has 0 saturated carbocycles. The molecule has 1 heterocycles. The average Bonchev–Trinajstić information content (AvgIpc) is 1.64. The number of nitrogens with zero attached hydrogens (tertiary/aromatic N) is 1. The predicted octanol–water partition coefficient (Wildman–Crippen LogP) is 0.112. The number of H-pyrrole nitrogens is 1. The molecule has 50 valence electrons. The van der Waals surface area contributed by atoms with Crippen LogP contribution in [0.4, 0.5) is 0 Å². The Morgan fingerprint density at radius 3 is 2.67 bits per heavy atom. The Hall–Kier alpha value is -1.32. The van der Waals surface area contributed by atoms with Gasteiger partial charge in [0.1, 0.15) is 0 Å². The molecule has 0 saturated heterocycles. The van der Waals surface area contributed by atoms with E-state index in [0.717, 1.165) is 0 Å². The number of hydrogen-bond acceptors (Lipinski definition) is 3. The van der Waals surface area contributed by atoms with E-state index in [2.05, 4.69) is 9.97 Å². The zero-order valence-electron chi connectivity index (χ0n) is 3.96. The molecule has 0 fully saturated rings. The molecule has 0 aliphatic carbocycles. The second kappa shape index (κ2) is 2.86. The van der Waals surface area contributed by atoms with Crippen LogP contribution in [0.3, 0.4) is 0 Å². The van der Waals surface area contributed by atoms with Crippen molar-refractivity contribution in [3.05, 3.63) is 22.7 Å². The SMILES string of the molecule is C.O=c1nc(O)cc[nH]1. The molecule has 0 aromatic carbocycles. The third-order valence-corrected chi connectivity index (χ3v) is 0.655. The lowest BCUT2D eigenvalue weighted by Gasteiger charge is -1.82. The Labute approximate surface area is 52.2 Å². The smallest absolute Gasteiger partial charge is 0.348 e. The van der Waals surface area contributed by atoms with Crippen LogP contribution in [-0.2, 0) is 0 Å². The van der Waals surface area contributed by atoms with Gasteiger partial charge in [0, 0.05) is 12.3 Å². The molecule has 4 heteroatoms. The minimum absolute atomic E-state index is 0. The van der Waals surface area contributed by atoms with Gasteiger partial charge in [-0.15, -0.1) is 0 Å². The van der Waals surface area contributed by atoms with Crippen molar-refractivity contribution in [1.82, 2.24) is 9.97 Å². The zero-order chi connectivity index (χ0) is 5.98. The fourth-order valence-corrected chi connectivity index (χ4v) is 0.361. The zero-order valence-corrected chi connectivity index (χ0v) is 3.96. The van der Waals surface area contributed by atoms with Gasteiger partial charge in [-0.1, -0.05) is 7.43 Å². The topological polar surface area (TPSA) is 66.0 Å². The first-order valence-corrected chi connectivity index (χ1v) is 2.04. The first kappa shape index (κ1) is 7.68. The summed E-state index contributed by atoms with van der Waals surface area (Å²) in [5, 5.41) is 8.48. The Balaban J connectivity index is 0.000000640. The minimum atomic E-state index is -0.537. The number of aromatic amines is 1. The maximum Gasteiger partial charge on any atom is 0.348 e. The summed E-state index contributed by atoms with van der Waals surface area (Å²) < 4.78 is 0. The summed E-state index contributed by atoms with van der Waals surface area (Å²) in [6.45, 7) is 0. The predicted molar refractivity (Wildman–Crippen MR) is 33.3 cm³/mol. The summed E-state index contributed by atoms with van der Waals surface area (Å²) in [5.74, 6) is -0.256. The van der Waals surface area contributed by atoms with Crippen molar-refractivity contribution in [2.75, 3.05) is 0 Å². The Kier molecular flexibility index (Phi) is 2.44. The number of nitrogens with one attached hydrogen (secondary N) is 1. The number of aromatic nitrogens is 2. The van der Waals surface area contributed by atoms with Crippen molar-refractivity contribution in [3.8, 4) is 5.88 Å². The number of hydrogen-bond donors (Lipinski definition) is 2. The normalized spacial score (nSPS) is 8.00. The Bertz CT molecular complexity index is 230. The third-order valence-electron chi connectivity index (χ3n) is 0.655. The molecule has 1 aromatic heterocycles. The van der Waals surface area contributed by atoms with Gasteiger partial charge in [-0.25, -0.2) is 4.79 Å². The van der Waals surface area contributed by atoms with Crippen LogP contribution in [0.1, 0.15) is 7.43 Å². The average molecular weight is 128 g/mol.